The molecule has 5 heteroatoms. The van der Waals surface area contributed by atoms with E-state index in [1.807, 2.05) is 13.8 Å². The maximum atomic E-state index is 13.7. The molecule has 0 radical (unpaired) electrons. The van der Waals surface area contributed by atoms with Crippen molar-refractivity contribution in [1.82, 2.24) is 5.32 Å². The molecule has 1 rings (SSSR count). The number of benzene rings is 1. The van der Waals surface area contributed by atoms with Gasteiger partial charge in [-0.2, -0.15) is 0 Å². The average Bonchev–Trinajstić information content (AvgIpc) is 2.39. The lowest BCUT2D eigenvalue weighted by molar-refractivity contribution is -0.149. The van der Waals surface area contributed by atoms with Crippen molar-refractivity contribution in [1.29, 1.82) is 0 Å². The van der Waals surface area contributed by atoms with Crippen molar-refractivity contribution < 1.29 is 14.3 Å². The minimum Gasteiger partial charge on any atom is -0.481 e. The van der Waals surface area contributed by atoms with E-state index in [2.05, 4.69) is 21.2 Å². The Morgan fingerprint density at radius 3 is 2.58 bits per heavy atom. The van der Waals surface area contributed by atoms with Gasteiger partial charge in [-0.05, 0) is 34.8 Å². The molecule has 0 atom stereocenters. The molecule has 0 amide bonds. The van der Waals surface area contributed by atoms with Gasteiger partial charge in [0.1, 0.15) is 5.82 Å². The van der Waals surface area contributed by atoms with E-state index < -0.39 is 11.4 Å². The van der Waals surface area contributed by atoms with Crippen LogP contribution in [0.25, 0.3) is 0 Å². The summed E-state index contributed by atoms with van der Waals surface area (Å²) in [5, 5.41) is 12.4. The predicted molar refractivity (Wildman–Crippen MR) is 76.5 cm³/mol. The van der Waals surface area contributed by atoms with E-state index in [4.69, 9.17) is 0 Å². The summed E-state index contributed by atoms with van der Waals surface area (Å²) in [5.41, 5.74) is -0.247. The Labute approximate surface area is 121 Å². The summed E-state index contributed by atoms with van der Waals surface area (Å²) in [6.45, 7) is 4.37. The molecule has 0 spiro atoms. The molecule has 106 valence electrons. The lowest BCUT2D eigenvalue weighted by atomic mass is 9.82. The first kappa shape index (κ1) is 16.1. The van der Waals surface area contributed by atoms with Crippen molar-refractivity contribution in [2.45, 2.75) is 33.2 Å². The van der Waals surface area contributed by atoms with Crippen molar-refractivity contribution >= 4 is 21.9 Å². The summed E-state index contributed by atoms with van der Waals surface area (Å²) in [4.78, 5) is 11.3. The van der Waals surface area contributed by atoms with Crippen LogP contribution >= 0.6 is 15.9 Å². The van der Waals surface area contributed by atoms with Crippen LogP contribution in [0.2, 0.25) is 0 Å². The summed E-state index contributed by atoms with van der Waals surface area (Å²) < 4.78 is 14.2. The number of carboxylic acid groups (broad SMARTS) is 1. The minimum atomic E-state index is -0.806. The Morgan fingerprint density at radius 2 is 2.05 bits per heavy atom. The average molecular weight is 332 g/mol. The zero-order valence-corrected chi connectivity index (χ0v) is 12.8. The molecule has 2 N–H and O–H groups in total. The molecular formula is C14H19BrFNO2. The van der Waals surface area contributed by atoms with Gasteiger partial charge >= 0.3 is 5.97 Å². The largest absolute Gasteiger partial charge is 0.481 e. The van der Waals surface area contributed by atoms with Gasteiger partial charge in [0.15, 0.2) is 0 Å². The van der Waals surface area contributed by atoms with Gasteiger partial charge in [0, 0.05) is 18.7 Å². The van der Waals surface area contributed by atoms with E-state index >= 15 is 0 Å². The van der Waals surface area contributed by atoms with Crippen molar-refractivity contribution in [3.8, 4) is 0 Å². The fourth-order valence-electron chi connectivity index (χ4n) is 2.00. The third kappa shape index (κ3) is 3.76. The molecular weight excluding hydrogens is 313 g/mol. The molecule has 0 saturated carbocycles. The van der Waals surface area contributed by atoms with E-state index in [0.29, 0.717) is 36.0 Å². The monoisotopic (exact) mass is 331 g/mol. The minimum absolute atomic E-state index is 0.302. The normalized spacial score (nSPS) is 11.6. The molecule has 0 aliphatic carbocycles. The smallest absolute Gasteiger partial charge is 0.310 e. The second-order valence-corrected chi connectivity index (χ2v) is 5.46. The molecule has 0 fully saturated rings. The zero-order valence-electron chi connectivity index (χ0n) is 11.2. The predicted octanol–water partition coefficient (Wildman–Crippen LogP) is 3.57. The van der Waals surface area contributed by atoms with Crippen LogP contribution in [-0.2, 0) is 11.3 Å². The first-order valence-electron chi connectivity index (χ1n) is 6.34. The Morgan fingerprint density at radius 1 is 1.42 bits per heavy atom. The molecule has 0 saturated heterocycles. The topological polar surface area (TPSA) is 49.3 Å². The quantitative estimate of drug-likeness (QED) is 0.803. The fraction of sp³-hybridized carbons (Fsp3) is 0.500. The van der Waals surface area contributed by atoms with Gasteiger partial charge in [0.25, 0.3) is 0 Å². The summed E-state index contributed by atoms with van der Waals surface area (Å²) in [6.07, 6.45) is 1.10. The van der Waals surface area contributed by atoms with E-state index in [1.54, 1.807) is 18.2 Å². The van der Waals surface area contributed by atoms with Crippen molar-refractivity contribution in [2.75, 3.05) is 6.54 Å². The van der Waals surface area contributed by atoms with E-state index in [9.17, 15) is 14.3 Å². The highest BCUT2D eigenvalue weighted by Crippen LogP contribution is 2.26. The fourth-order valence-corrected chi connectivity index (χ4v) is 2.41. The van der Waals surface area contributed by atoms with Crippen molar-refractivity contribution in [3.05, 3.63) is 34.1 Å². The molecule has 0 bridgehead atoms. The van der Waals surface area contributed by atoms with Crippen LogP contribution in [0.4, 0.5) is 4.39 Å². The van der Waals surface area contributed by atoms with Crippen LogP contribution in [0.3, 0.4) is 0 Å². The standard InChI is InChI=1S/C14H19BrFNO2/c1-3-14(4-2,13(18)19)9-17-8-10-6-5-7-11(15)12(10)16/h5-7,17H,3-4,8-9H2,1-2H3,(H,18,19). The molecule has 0 heterocycles. The van der Waals surface area contributed by atoms with Crippen molar-refractivity contribution in [3.63, 3.8) is 0 Å². The van der Waals surface area contributed by atoms with Crippen LogP contribution < -0.4 is 5.32 Å². The van der Waals surface area contributed by atoms with Gasteiger partial charge in [0.05, 0.1) is 9.89 Å². The molecule has 3 nitrogen and oxygen atoms in total. The van der Waals surface area contributed by atoms with Gasteiger partial charge < -0.3 is 10.4 Å². The lowest BCUT2D eigenvalue weighted by Crippen LogP contribution is -2.40. The molecule has 1 aromatic rings. The van der Waals surface area contributed by atoms with Crippen LogP contribution in [0.5, 0.6) is 0 Å². The summed E-state index contributed by atoms with van der Waals surface area (Å²) in [6, 6.07) is 5.08. The number of rotatable bonds is 7. The molecule has 19 heavy (non-hydrogen) atoms. The van der Waals surface area contributed by atoms with Gasteiger partial charge in [-0.25, -0.2) is 4.39 Å². The molecule has 1 aromatic carbocycles. The number of carboxylic acids is 1. The van der Waals surface area contributed by atoms with E-state index in [1.165, 1.54) is 0 Å². The molecule has 0 unspecified atom stereocenters. The highest BCUT2D eigenvalue weighted by molar-refractivity contribution is 9.10. The number of halogens is 2. The number of hydrogen-bond donors (Lipinski definition) is 2. The maximum Gasteiger partial charge on any atom is 0.310 e. The maximum absolute atomic E-state index is 13.7. The third-order valence-corrected chi connectivity index (χ3v) is 4.23. The van der Waals surface area contributed by atoms with Crippen LogP contribution in [-0.4, -0.2) is 17.6 Å². The van der Waals surface area contributed by atoms with Gasteiger partial charge in [-0.3, -0.25) is 4.79 Å². The van der Waals surface area contributed by atoms with Crippen LogP contribution in [0.1, 0.15) is 32.3 Å². The lowest BCUT2D eigenvalue weighted by Gasteiger charge is -2.27. The highest BCUT2D eigenvalue weighted by Gasteiger charge is 2.34. The Kier molecular flexibility index (Phi) is 5.94. The van der Waals surface area contributed by atoms with Crippen molar-refractivity contribution in [2.24, 2.45) is 5.41 Å². The van der Waals surface area contributed by atoms with Gasteiger partial charge in [-0.1, -0.05) is 26.0 Å². The number of hydrogen-bond acceptors (Lipinski definition) is 2. The first-order valence-corrected chi connectivity index (χ1v) is 7.13. The number of nitrogens with one attached hydrogen (secondary N) is 1. The summed E-state index contributed by atoms with van der Waals surface area (Å²) >= 11 is 3.13. The highest BCUT2D eigenvalue weighted by atomic mass is 79.9. The Hall–Kier alpha value is -0.940. The van der Waals surface area contributed by atoms with E-state index in [-0.39, 0.29) is 5.82 Å². The molecule has 0 aliphatic heterocycles. The summed E-state index contributed by atoms with van der Waals surface area (Å²) in [5.74, 6) is -1.11. The molecule has 0 aliphatic rings. The van der Waals surface area contributed by atoms with Crippen LogP contribution in [0.15, 0.2) is 22.7 Å². The second kappa shape index (κ2) is 7.01. The Balaban J connectivity index is 2.67. The first-order chi connectivity index (χ1) is 8.96. The van der Waals surface area contributed by atoms with Gasteiger partial charge in [0.2, 0.25) is 0 Å². The van der Waals surface area contributed by atoms with Gasteiger partial charge in [-0.15, -0.1) is 0 Å². The molecule has 0 aromatic heterocycles. The second-order valence-electron chi connectivity index (χ2n) is 4.61. The van der Waals surface area contributed by atoms with E-state index in [0.717, 1.165) is 0 Å². The Bertz CT molecular complexity index is 447. The third-order valence-electron chi connectivity index (χ3n) is 3.62. The number of carbonyl (C=O) groups is 1. The number of aliphatic carboxylic acids is 1. The van der Waals surface area contributed by atoms with Crippen LogP contribution in [0, 0.1) is 11.2 Å². The zero-order chi connectivity index (χ0) is 14.5. The summed E-state index contributed by atoms with van der Waals surface area (Å²) in [7, 11) is 0. The SMILES string of the molecule is CCC(CC)(CNCc1cccc(Br)c1F)C(=O)O.